The monoisotopic (exact) mass is 342 g/mol. The van der Waals surface area contributed by atoms with Gasteiger partial charge in [-0.05, 0) is 61.1 Å². The molecular formula is C19H22N2O2S. The molecular weight excluding hydrogens is 320 g/mol. The quantitative estimate of drug-likeness (QED) is 0.861. The molecule has 2 amide bonds. The summed E-state index contributed by atoms with van der Waals surface area (Å²) >= 11 is 1.62. The number of hydrogen-bond donors (Lipinski definition) is 2. The van der Waals surface area contributed by atoms with Crippen LogP contribution in [0.15, 0.2) is 30.3 Å². The van der Waals surface area contributed by atoms with Crippen LogP contribution in [0.2, 0.25) is 0 Å². The second kappa shape index (κ2) is 7.18. The molecule has 1 unspecified atom stereocenters. The zero-order chi connectivity index (χ0) is 17.1. The first-order valence-electron chi connectivity index (χ1n) is 8.35. The lowest BCUT2D eigenvalue weighted by atomic mass is 9.87. The molecule has 126 valence electrons. The molecule has 1 heterocycles. The van der Waals surface area contributed by atoms with Gasteiger partial charge in [0.1, 0.15) is 0 Å². The van der Waals surface area contributed by atoms with E-state index in [1.165, 1.54) is 30.2 Å². The topological polar surface area (TPSA) is 58.2 Å². The molecule has 1 aromatic carbocycles. The van der Waals surface area contributed by atoms with E-state index in [0.29, 0.717) is 0 Å². The maximum atomic E-state index is 12.5. The van der Waals surface area contributed by atoms with Crippen LogP contribution < -0.4 is 10.6 Å². The van der Waals surface area contributed by atoms with Crippen molar-refractivity contribution in [3.05, 3.63) is 45.6 Å². The van der Waals surface area contributed by atoms with Crippen LogP contribution in [0.25, 0.3) is 0 Å². The molecule has 24 heavy (non-hydrogen) atoms. The predicted octanol–water partition coefficient (Wildman–Crippen LogP) is 4.47. The number of rotatable bonds is 4. The molecule has 1 aliphatic carbocycles. The number of hydrogen-bond acceptors (Lipinski definition) is 3. The normalized spacial score (nSPS) is 16.3. The summed E-state index contributed by atoms with van der Waals surface area (Å²) in [6.45, 7) is 3.71. The largest absolute Gasteiger partial charge is 0.326 e. The number of aryl methyl sites for hydroxylation is 1. The molecule has 1 aromatic heterocycles. The van der Waals surface area contributed by atoms with Crippen molar-refractivity contribution in [1.29, 1.82) is 0 Å². The highest BCUT2D eigenvalue weighted by atomic mass is 32.1. The van der Waals surface area contributed by atoms with E-state index in [4.69, 9.17) is 0 Å². The molecule has 2 N–H and O–H groups in total. The number of anilines is 2. The van der Waals surface area contributed by atoms with Crippen molar-refractivity contribution in [1.82, 2.24) is 0 Å². The first-order valence-corrected chi connectivity index (χ1v) is 9.17. The second-order valence-electron chi connectivity index (χ2n) is 6.29. The van der Waals surface area contributed by atoms with Crippen LogP contribution in [-0.4, -0.2) is 11.8 Å². The summed E-state index contributed by atoms with van der Waals surface area (Å²) in [5, 5.41) is 5.64. The molecule has 0 saturated heterocycles. The third-order valence-electron chi connectivity index (χ3n) is 4.45. The number of benzene rings is 1. The second-order valence-corrected chi connectivity index (χ2v) is 7.43. The lowest BCUT2D eigenvalue weighted by molar-refractivity contribution is -0.114. The number of thiophene rings is 1. The summed E-state index contributed by atoms with van der Waals surface area (Å²) in [4.78, 5) is 25.6. The van der Waals surface area contributed by atoms with Crippen LogP contribution >= 0.6 is 11.3 Å². The molecule has 0 bridgehead atoms. The third kappa shape index (κ3) is 3.85. The molecule has 0 saturated carbocycles. The summed E-state index contributed by atoms with van der Waals surface area (Å²) in [5.41, 5.74) is 2.80. The van der Waals surface area contributed by atoms with Gasteiger partial charge in [0.15, 0.2) is 0 Å². The highest BCUT2D eigenvalue weighted by molar-refractivity contribution is 7.14. The van der Waals surface area contributed by atoms with Crippen molar-refractivity contribution in [2.24, 2.45) is 5.92 Å². The molecule has 0 aliphatic heterocycles. The minimum Gasteiger partial charge on any atom is -0.326 e. The Kier molecular flexibility index (Phi) is 5.00. The molecule has 1 atom stereocenters. The molecule has 2 aromatic rings. The Morgan fingerprint density at radius 1 is 1.17 bits per heavy atom. The van der Waals surface area contributed by atoms with Crippen LogP contribution in [-0.2, 0) is 17.6 Å². The van der Waals surface area contributed by atoms with Crippen molar-refractivity contribution < 1.29 is 9.59 Å². The maximum Gasteiger partial charge on any atom is 0.265 e. The Labute approximate surface area is 146 Å². The molecule has 4 nitrogen and oxygen atoms in total. The van der Waals surface area contributed by atoms with Gasteiger partial charge in [-0.15, -0.1) is 11.3 Å². The van der Waals surface area contributed by atoms with Crippen LogP contribution in [0.4, 0.5) is 11.4 Å². The highest BCUT2D eigenvalue weighted by Gasteiger charge is 2.22. The Hall–Kier alpha value is -2.14. The standard InChI is InChI=1S/C19H22N2O2S/c1-3-13-4-9-17-14(10-13)11-18(24-17)19(23)21-16-7-5-15(6-8-16)20-12(2)22/h5-8,11,13H,3-4,9-10H2,1-2H3,(H,20,22)(H,21,23). The highest BCUT2D eigenvalue weighted by Crippen LogP contribution is 2.33. The molecule has 5 heteroatoms. The van der Waals surface area contributed by atoms with Crippen LogP contribution in [0, 0.1) is 5.92 Å². The summed E-state index contributed by atoms with van der Waals surface area (Å²) in [7, 11) is 0. The van der Waals surface area contributed by atoms with Crippen molar-refractivity contribution >= 4 is 34.5 Å². The molecule has 0 radical (unpaired) electrons. The van der Waals surface area contributed by atoms with Gasteiger partial charge in [0.05, 0.1) is 4.88 Å². The minimum absolute atomic E-state index is 0.0604. The fourth-order valence-electron chi connectivity index (χ4n) is 3.09. The van der Waals surface area contributed by atoms with Crippen LogP contribution in [0.1, 0.15) is 46.8 Å². The summed E-state index contributed by atoms with van der Waals surface area (Å²) in [6.07, 6.45) is 4.63. The predicted molar refractivity (Wildman–Crippen MR) is 98.8 cm³/mol. The van der Waals surface area contributed by atoms with Gasteiger partial charge in [0, 0.05) is 23.2 Å². The smallest absolute Gasteiger partial charge is 0.265 e. The average molecular weight is 342 g/mol. The van der Waals surface area contributed by atoms with E-state index in [0.717, 1.165) is 35.0 Å². The summed E-state index contributed by atoms with van der Waals surface area (Å²) in [5.74, 6) is 0.584. The first-order chi connectivity index (χ1) is 11.5. The first kappa shape index (κ1) is 16.7. The minimum atomic E-state index is -0.110. The zero-order valence-corrected chi connectivity index (χ0v) is 14.8. The van der Waals surface area contributed by atoms with Gasteiger partial charge in [0.25, 0.3) is 5.91 Å². The van der Waals surface area contributed by atoms with Gasteiger partial charge in [-0.3, -0.25) is 9.59 Å². The SMILES string of the molecule is CCC1CCc2sc(C(=O)Nc3ccc(NC(C)=O)cc3)cc2C1. The van der Waals surface area contributed by atoms with E-state index in [1.807, 2.05) is 0 Å². The van der Waals surface area contributed by atoms with E-state index in [1.54, 1.807) is 35.6 Å². The lowest BCUT2D eigenvalue weighted by Gasteiger charge is -2.19. The van der Waals surface area contributed by atoms with E-state index in [2.05, 4.69) is 23.6 Å². The lowest BCUT2D eigenvalue weighted by Crippen LogP contribution is -2.11. The number of carbonyl (C=O) groups excluding carboxylic acids is 2. The Morgan fingerprint density at radius 3 is 2.46 bits per heavy atom. The third-order valence-corrected chi connectivity index (χ3v) is 5.69. The van der Waals surface area contributed by atoms with Gasteiger partial charge < -0.3 is 10.6 Å². The molecule has 0 spiro atoms. The Bertz CT molecular complexity index is 749. The van der Waals surface area contributed by atoms with Gasteiger partial charge in [-0.25, -0.2) is 0 Å². The maximum absolute atomic E-state index is 12.5. The van der Waals surface area contributed by atoms with Gasteiger partial charge >= 0.3 is 0 Å². The van der Waals surface area contributed by atoms with Crippen molar-refractivity contribution in [3.8, 4) is 0 Å². The van der Waals surface area contributed by atoms with Crippen molar-refractivity contribution in [3.63, 3.8) is 0 Å². The Morgan fingerprint density at radius 2 is 1.83 bits per heavy atom. The number of nitrogens with one attached hydrogen (secondary N) is 2. The fourth-order valence-corrected chi connectivity index (χ4v) is 4.20. The number of amides is 2. The molecule has 0 fully saturated rings. The summed E-state index contributed by atoms with van der Waals surface area (Å²) in [6, 6.07) is 9.21. The van der Waals surface area contributed by atoms with Crippen LogP contribution in [0.3, 0.4) is 0 Å². The summed E-state index contributed by atoms with van der Waals surface area (Å²) < 4.78 is 0. The van der Waals surface area contributed by atoms with Gasteiger partial charge in [-0.1, -0.05) is 13.3 Å². The van der Waals surface area contributed by atoms with Crippen molar-refractivity contribution in [2.45, 2.75) is 39.5 Å². The van der Waals surface area contributed by atoms with E-state index in [-0.39, 0.29) is 11.8 Å². The Balaban J connectivity index is 1.67. The van der Waals surface area contributed by atoms with E-state index >= 15 is 0 Å². The number of carbonyl (C=O) groups is 2. The van der Waals surface area contributed by atoms with Gasteiger partial charge in [-0.2, -0.15) is 0 Å². The van der Waals surface area contributed by atoms with Crippen molar-refractivity contribution in [2.75, 3.05) is 10.6 Å². The molecule has 1 aliphatic rings. The molecule has 3 rings (SSSR count). The number of fused-ring (bicyclic) bond motifs is 1. The average Bonchev–Trinajstić information content (AvgIpc) is 2.99. The van der Waals surface area contributed by atoms with E-state index in [9.17, 15) is 9.59 Å². The van der Waals surface area contributed by atoms with Crippen LogP contribution in [0.5, 0.6) is 0 Å². The zero-order valence-electron chi connectivity index (χ0n) is 14.0. The van der Waals surface area contributed by atoms with Gasteiger partial charge in [0.2, 0.25) is 5.91 Å². The fraction of sp³-hybridized carbons (Fsp3) is 0.368. The van der Waals surface area contributed by atoms with E-state index < -0.39 is 0 Å².